The van der Waals surface area contributed by atoms with Crippen molar-refractivity contribution < 1.29 is 13.6 Å². The van der Waals surface area contributed by atoms with Crippen molar-refractivity contribution in [1.29, 1.82) is 0 Å². The van der Waals surface area contributed by atoms with Crippen molar-refractivity contribution in [3.05, 3.63) is 93.8 Å². The van der Waals surface area contributed by atoms with Gasteiger partial charge in [0.1, 0.15) is 6.17 Å². The molecule has 2 aromatic carbocycles. The summed E-state index contributed by atoms with van der Waals surface area (Å²) in [6.45, 7) is 6.72. The molecule has 0 radical (unpaired) electrons. The molecule has 1 N–H and O–H groups in total. The molecule has 1 aromatic heterocycles. The summed E-state index contributed by atoms with van der Waals surface area (Å²) in [4.78, 5) is 25.6. The number of benzene rings is 2. The Labute approximate surface area is 193 Å². The van der Waals surface area contributed by atoms with Crippen LogP contribution in [0.2, 0.25) is 5.04 Å². The lowest BCUT2D eigenvalue weighted by Gasteiger charge is -2.43. The molecule has 33 heavy (non-hydrogen) atoms. The molecule has 4 rings (SSSR count). The number of nitrogens with one attached hydrogen (secondary N) is 1. The van der Waals surface area contributed by atoms with Gasteiger partial charge in [-0.2, -0.15) is 0 Å². The highest BCUT2D eigenvalue weighted by Crippen LogP contribution is 2.38. The number of nitrogens with zero attached hydrogens (tertiary/aromatic N) is 1. The van der Waals surface area contributed by atoms with Crippen LogP contribution in [-0.4, -0.2) is 36.8 Å². The second-order valence-electron chi connectivity index (χ2n) is 9.39. The SMILES string of the molecule is CC(C)(C)[Si](OC[C@@H]1C[C@H](F)[C@H](n2ccc(=O)[nH]c2=O)O1)(c1ccccc1)c1ccccc1. The van der Waals surface area contributed by atoms with Crippen LogP contribution in [0.3, 0.4) is 0 Å². The first-order valence-corrected chi connectivity index (χ1v) is 13.0. The summed E-state index contributed by atoms with van der Waals surface area (Å²) in [5, 5.41) is 2.05. The van der Waals surface area contributed by atoms with Gasteiger partial charge in [-0.15, -0.1) is 0 Å². The Morgan fingerprint density at radius 2 is 1.61 bits per heavy atom. The third-order valence-corrected chi connectivity index (χ3v) is 11.2. The molecular formula is C25H29FN2O4Si. The summed E-state index contributed by atoms with van der Waals surface area (Å²) in [7, 11) is -2.78. The summed E-state index contributed by atoms with van der Waals surface area (Å²) in [5.41, 5.74) is -1.22. The van der Waals surface area contributed by atoms with Gasteiger partial charge in [-0.1, -0.05) is 81.4 Å². The fourth-order valence-corrected chi connectivity index (χ4v) is 9.25. The second kappa shape index (κ2) is 9.21. The lowest BCUT2D eigenvalue weighted by Crippen LogP contribution is -2.67. The van der Waals surface area contributed by atoms with Gasteiger partial charge in [0.05, 0.1) is 12.7 Å². The number of ether oxygens (including phenoxy) is 1. The number of aromatic amines is 1. The molecule has 3 atom stereocenters. The van der Waals surface area contributed by atoms with E-state index in [4.69, 9.17) is 9.16 Å². The molecule has 2 heterocycles. The highest BCUT2D eigenvalue weighted by Gasteiger charge is 2.51. The first-order valence-electron chi connectivity index (χ1n) is 11.1. The van der Waals surface area contributed by atoms with Crippen molar-refractivity contribution >= 4 is 18.7 Å². The molecule has 1 aliphatic heterocycles. The van der Waals surface area contributed by atoms with Gasteiger partial charge in [-0.3, -0.25) is 14.3 Å². The molecule has 1 saturated heterocycles. The van der Waals surface area contributed by atoms with E-state index in [0.717, 1.165) is 14.9 Å². The van der Waals surface area contributed by atoms with Crippen LogP contribution in [0.15, 0.2) is 82.5 Å². The minimum absolute atomic E-state index is 0.106. The molecule has 1 aliphatic rings. The maximum absolute atomic E-state index is 14.9. The smallest absolute Gasteiger partial charge is 0.330 e. The Balaban J connectivity index is 1.64. The van der Waals surface area contributed by atoms with E-state index in [-0.39, 0.29) is 18.1 Å². The number of rotatable bonds is 6. The molecule has 174 valence electrons. The Morgan fingerprint density at radius 1 is 1.03 bits per heavy atom. The normalized spacial score (nSPS) is 21.3. The number of aromatic nitrogens is 2. The molecule has 3 aromatic rings. The Hall–Kier alpha value is -2.81. The van der Waals surface area contributed by atoms with Crippen molar-refractivity contribution in [3.63, 3.8) is 0 Å². The zero-order valence-electron chi connectivity index (χ0n) is 19.0. The topological polar surface area (TPSA) is 73.3 Å². The summed E-state index contributed by atoms with van der Waals surface area (Å²) in [6.07, 6.45) is -1.63. The van der Waals surface area contributed by atoms with Crippen LogP contribution in [0.4, 0.5) is 4.39 Å². The highest BCUT2D eigenvalue weighted by atomic mass is 28.4. The van der Waals surface area contributed by atoms with Crippen molar-refractivity contribution in [3.8, 4) is 0 Å². The molecule has 6 nitrogen and oxygen atoms in total. The molecule has 0 saturated carbocycles. The zero-order chi connectivity index (χ0) is 23.6. The average molecular weight is 469 g/mol. The van der Waals surface area contributed by atoms with E-state index in [9.17, 15) is 14.0 Å². The number of H-pyrrole nitrogens is 1. The molecular weight excluding hydrogens is 439 g/mol. The van der Waals surface area contributed by atoms with E-state index in [1.54, 1.807) is 0 Å². The van der Waals surface area contributed by atoms with E-state index < -0.39 is 38.1 Å². The standard InChI is InChI=1S/C25H29FN2O4Si/c1-25(2,3)33(19-10-6-4-7-11-19,20-12-8-5-9-13-20)31-17-18-16-21(26)23(32-18)28-15-14-22(29)27-24(28)30/h4-15,18,21,23H,16-17H2,1-3H3,(H,27,29,30)/t18-,21-,23+/m0/s1. The van der Waals surface area contributed by atoms with E-state index in [1.165, 1.54) is 12.3 Å². The third kappa shape index (κ3) is 4.51. The van der Waals surface area contributed by atoms with Crippen molar-refractivity contribution in [2.24, 2.45) is 0 Å². The molecule has 0 amide bonds. The summed E-state index contributed by atoms with van der Waals surface area (Å²) < 4.78 is 28.7. The van der Waals surface area contributed by atoms with E-state index in [0.29, 0.717) is 0 Å². The van der Waals surface area contributed by atoms with Crippen molar-refractivity contribution in [2.75, 3.05) is 6.61 Å². The number of halogens is 1. The number of alkyl halides is 1. The van der Waals surface area contributed by atoms with E-state index >= 15 is 0 Å². The minimum atomic E-state index is -2.78. The Bertz CT molecular complexity index is 1150. The predicted molar refractivity (Wildman–Crippen MR) is 128 cm³/mol. The number of hydrogen-bond acceptors (Lipinski definition) is 4. The van der Waals surface area contributed by atoms with Crippen LogP contribution >= 0.6 is 0 Å². The van der Waals surface area contributed by atoms with Gasteiger partial charge in [0.15, 0.2) is 6.23 Å². The molecule has 1 fully saturated rings. The fourth-order valence-electron chi connectivity index (χ4n) is 4.66. The van der Waals surface area contributed by atoms with Crippen molar-refractivity contribution in [2.45, 2.75) is 50.7 Å². The monoisotopic (exact) mass is 468 g/mol. The average Bonchev–Trinajstić information content (AvgIpc) is 3.15. The van der Waals surface area contributed by atoms with E-state index in [1.807, 2.05) is 36.4 Å². The van der Waals surface area contributed by atoms with Crippen LogP contribution in [0.5, 0.6) is 0 Å². The van der Waals surface area contributed by atoms with Gasteiger partial charge in [-0.05, 0) is 15.4 Å². The third-order valence-electron chi connectivity index (χ3n) is 6.16. The van der Waals surface area contributed by atoms with Gasteiger partial charge in [0.2, 0.25) is 0 Å². The van der Waals surface area contributed by atoms with Gasteiger partial charge in [0, 0.05) is 18.7 Å². The second-order valence-corrected chi connectivity index (χ2v) is 13.7. The summed E-state index contributed by atoms with van der Waals surface area (Å²) in [6, 6.07) is 21.6. The summed E-state index contributed by atoms with van der Waals surface area (Å²) >= 11 is 0. The first kappa shape index (κ1) is 23.3. The Kier molecular flexibility index (Phi) is 6.51. The van der Waals surface area contributed by atoms with Crippen LogP contribution < -0.4 is 21.6 Å². The quantitative estimate of drug-likeness (QED) is 0.565. The molecule has 0 aliphatic carbocycles. The van der Waals surface area contributed by atoms with Crippen molar-refractivity contribution in [1.82, 2.24) is 9.55 Å². The molecule has 8 heteroatoms. The van der Waals surface area contributed by atoms with Gasteiger partial charge >= 0.3 is 5.69 Å². The lowest BCUT2D eigenvalue weighted by molar-refractivity contribution is -0.0370. The zero-order valence-corrected chi connectivity index (χ0v) is 20.0. The van der Waals surface area contributed by atoms with Crippen LogP contribution in [0.25, 0.3) is 0 Å². The fraction of sp³-hybridized carbons (Fsp3) is 0.360. The van der Waals surface area contributed by atoms with Crippen LogP contribution in [0, 0.1) is 0 Å². The van der Waals surface area contributed by atoms with E-state index in [2.05, 4.69) is 50.0 Å². The molecule has 0 spiro atoms. The summed E-state index contributed by atoms with van der Waals surface area (Å²) in [5.74, 6) is 0. The molecule has 0 unspecified atom stereocenters. The molecule has 0 bridgehead atoms. The predicted octanol–water partition coefficient (Wildman–Crippen LogP) is 2.74. The first-order chi connectivity index (χ1) is 15.7. The maximum Gasteiger partial charge on any atom is 0.330 e. The largest absolute Gasteiger partial charge is 0.405 e. The maximum atomic E-state index is 14.9. The number of hydrogen-bond donors (Lipinski definition) is 1. The Morgan fingerprint density at radius 3 is 2.12 bits per heavy atom. The van der Waals surface area contributed by atoms with Gasteiger partial charge in [-0.25, -0.2) is 9.18 Å². The van der Waals surface area contributed by atoms with Gasteiger partial charge < -0.3 is 9.16 Å². The highest BCUT2D eigenvalue weighted by molar-refractivity contribution is 6.99. The minimum Gasteiger partial charge on any atom is -0.405 e. The lowest BCUT2D eigenvalue weighted by atomic mass is 10.2. The van der Waals surface area contributed by atoms with Crippen LogP contribution in [0.1, 0.15) is 33.4 Å². The van der Waals surface area contributed by atoms with Crippen LogP contribution in [-0.2, 0) is 9.16 Å². The van der Waals surface area contributed by atoms with Gasteiger partial charge in [0.25, 0.3) is 13.9 Å².